The number of aromatic hydroxyl groups is 1. The number of rotatable bonds is 4. The lowest BCUT2D eigenvalue weighted by molar-refractivity contribution is 0.238. The largest absolute Gasteiger partial charge is 0.508 e. The molecule has 0 atom stereocenters. The zero-order valence-electron chi connectivity index (χ0n) is 9.47. The summed E-state index contributed by atoms with van der Waals surface area (Å²) < 4.78 is 5.11. The van der Waals surface area contributed by atoms with Crippen molar-refractivity contribution >= 4 is 0 Å². The van der Waals surface area contributed by atoms with Crippen LogP contribution in [0.25, 0.3) is 11.1 Å². The normalized spacial score (nSPS) is 9.88. The first-order valence-corrected chi connectivity index (χ1v) is 5.40. The summed E-state index contributed by atoms with van der Waals surface area (Å²) in [7, 11) is 0. The molecule has 0 bridgehead atoms. The van der Waals surface area contributed by atoms with Gasteiger partial charge >= 0.3 is 0 Å². The van der Waals surface area contributed by atoms with E-state index in [4.69, 9.17) is 4.74 Å². The fraction of sp³-hybridized carbons (Fsp3) is 0.0667. The molecule has 1 N–H and O–H groups in total. The molecule has 0 saturated heterocycles. The van der Waals surface area contributed by atoms with E-state index < -0.39 is 0 Å². The molecule has 86 valence electrons. The summed E-state index contributed by atoms with van der Waals surface area (Å²) in [5.41, 5.74) is 3.30. The van der Waals surface area contributed by atoms with Crippen LogP contribution in [0.15, 0.2) is 61.4 Å². The van der Waals surface area contributed by atoms with E-state index in [0.29, 0.717) is 6.61 Å². The van der Waals surface area contributed by atoms with Crippen molar-refractivity contribution in [2.24, 2.45) is 0 Å². The van der Waals surface area contributed by atoms with Crippen molar-refractivity contribution in [2.75, 3.05) is 0 Å². The molecule has 0 radical (unpaired) electrons. The zero-order chi connectivity index (χ0) is 12.1. The van der Waals surface area contributed by atoms with Crippen molar-refractivity contribution in [1.82, 2.24) is 0 Å². The van der Waals surface area contributed by atoms with Crippen LogP contribution in [0.4, 0.5) is 0 Å². The molecule has 0 aromatic heterocycles. The molecule has 0 aliphatic heterocycles. The highest BCUT2D eigenvalue weighted by atomic mass is 16.5. The van der Waals surface area contributed by atoms with Gasteiger partial charge in [-0.25, -0.2) is 0 Å². The third-order valence-electron chi connectivity index (χ3n) is 2.52. The van der Waals surface area contributed by atoms with Gasteiger partial charge in [0.15, 0.2) is 0 Å². The van der Waals surface area contributed by atoms with Crippen molar-refractivity contribution in [3.8, 4) is 16.9 Å². The van der Waals surface area contributed by atoms with E-state index >= 15 is 0 Å². The molecular formula is C15H14O2. The summed E-state index contributed by atoms with van der Waals surface area (Å²) in [6.45, 7) is 4.04. The van der Waals surface area contributed by atoms with Crippen LogP contribution in [-0.2, 0) is 11.3 Å². The Bertz CT molecular complexity index is 483. The minimum atomic E-state index is 0.282. The predicted octanol–water partition coefficient (Wildman–Crippen LogP) is 3.72. The average molecular weight is 226 g/mol. The van der Waals surface area contributed by atoms with Crippen LogP contribution in [0.3, 0.4) is 0 Å². The highest BCUT2D eigenvalue weighted by Gasteiger charge is 1.98. The van der Waals surface area contributed by atoms with Gasteiger partial charge in [-0.05, 0) is 28.8 Å². The fourth-order valence-corrected chi connectivity index (χ4v) is 1.60. The molecule has 2 aromatic carbocycles. The van der Waals surface area contributed by atoms with E-state index in [0.717, 1.165) is 16.7 Å². The van der Waals surface area contributed by atoms with Crippen LogP contribution >= 0.6 is 0 Å². The van der Waals surface area contributed by atoms with Crippen LogP contribution in [0.5, 0.6) is 5.75 Å². The van der Waals surface area contributed by atoms with Crippen molar-refractivity contribution < 1.29 is 9.84 Å². The van der Waals surface area contributed by atoms with E-state index in [9.17, 15) is 5.11 Å². The lowest BCUT2D eigenvalue weighted by Crippen LogP contribution is -1.86. The molecule has 0 fully saturated rings. The maximum absolute atomic E-state index is 9.22. The van der Waals surface area contributed by atoms with Crippen molar-refractivity contribution in [3.63, 3.8) is 0 Å². The Balaban J connectivity index is 2.17. The van der Waals surface area contributed by atoms with E-state index in [1.54, 1.807) is 12.1 Å². The quantitative estimate of drug-likeness (QED) is 0.805. The molecule has 2 rings (SSSR count). The Morgan fingerprint density at radius 3 is 2.00 bits per heavy atom. The Morgan fingerprint density at radius 1 is 0.941 bits per heavy atom. The topological polar surface area (TPSA) is 29.5 Å². The second-order valence-corrected chi connectivity index (χ2v) is 3.72. The summed E-state index contributed by atoms with van der Waals surface area (Å²) in [5.74, 6) is 0.282. The Hall–Kier alpha value is -2.22. The minimum absolute atomic E-state index is 0.282. The zero-order valence-corrected chi connectivity index (χ0v) is 9.47. The second-order valence-electron chi connectivity index (χ2n) is 3.72. The minimum Gasteiger partial charge on any atom is -0.508 e. The maximum atomic E-state index is 9.22. The fourth-order valence-electron chi connectivity index (χ4n) is 1.60. The molecule has 17 heavy (non-hydrogen) atoms. The average Bonchev–Trinajstić information content (AvgIpc) is 2.38. The highest BCUT2D eigenvalue weighted by Crippen LogP contribution is 2.22. The van der Waals surface area contributed by atoms with Gasteiger partial charge in [0.05, 0.1) is 6.26 Å². The third kappa shape index (κ3) is 2.88. The standard InChI is InChI=1S/C15H14O2/c1-2-17-11-12-3-5-13(6-4-12)14-7-9-15(16)10-8-14/h2-10,16H,1,11H2. The molecule has 0 aliphatic rings. The van der Waals surface area contributed by atoms with Crippen molar-refractivity contribution in [3.05, 3.63) is 66.9 Å². The Morgan fingerprint density at radius 2 is 1.47 bits per heavy atom. The molecule has 2 aromatic rings. The van der Waals surface area contributed by atoms with Crippen molar-refractivity contribution in [1.29, 1.82) is 0 Å². The predicted molar refractivity (Wildman–Crippen MR) is 68.5 cm³/mol. The maximum Gasteiger partial charge on any atom is 0.115 e. The summed E-state index contributed by atoms with van der Waals surface area (Å²) >= 11 is 0. The SMILES string of the molecule is C=COCc1ccc(-c2ccc(O)cc2)cc1. The van der Waals surface area contributed by atoms with Gasteiger partial charge in [-0.1, -0.05) is 43.0 Å². The molecule has 0 spiro atoms. The van der Waals surface area contributed by atoms with E-state index in [1.807, 2.05) is 36.4 Å². The lowest BCUT2D eigenvalue weighted by atomic mass is 10.0. The summed E-state index contributed by atoms with van der Waals surface area (Å²) in [5, 5.41) is 9.22. The van der Waals surface area contributed by atoms with Crippen molar-refractivity contribution in [2.45, 2.75) is 6.61 Å². The van der Waals surface area contributed by atoms with Gasteiger partial charge in [-0.2, -0.15) is 0 Å². The molecule has 2 heteroatoms. The van der Waals surface area contributed by atoms with E-state index in [2.05, 4.69) is 6.58 Å². The Labute approximate surface area is 101 Å². The first-order valence-electron chi connectivity index (χ1n) is 5.40. The number of benzene rings is 2. The lowest BCUT2D eigenvalue weighted by Gasteiger charge is -2.04. The Kier molecular flexibility index (Phi) is 3.46. The van der Waals surface area contributed by atoms with Gasteiger partial charge in [-0.3, -0.25) is 0 Å². The number of hydrogen-bond donors (Lipinski definition) is 1. The van der Waals surface area contributed by atoms with Crippen LogP contribution in [0.1, 0.15) is 5.56 Å². The van der Waals surface area contributed by atoms with E-state index in [-0.39, 0.29) is 5.75 Å². The monoisotopic (exact) mass is 226 g/mol. The van der Waals surface area contributed by atoms with Gasteiger partial charge in [0.1, 0.15) is 12.4 Å². The molecule has 0 heterocycles. The smallest absolute Gasteiger partial charge is 0.115 e. The molecular weight excluding hydrogens is 212 g/mol. The first-order chi connectivity index (χ1) is 8.29. The second kappa shape index (κ2) is 5.21. The van der Waals surface area contributed by atoms with Gasteiger partial charge in [0, 0.05) is 0 Å². The number of phenolic OH excluding ortho intramolecular Hbond substituents is 1. The highest BCUT2D eigenvalue weighted by molar-refractivity contribution is 5.64. The summed E-state index contributed by atoms with van der Waals surface area (Å²) in [6.07, 6.45) is 1.44. The molecule has 0 saturated carbocycles. The van der Waals surface area contributed by atoms with Gasteiger partial charge < -0.3 is 9.84 Å². The van der Waals surface area contributed by atoms with Crippen LogP contribution in [0.2, 0.25) is 0 Å². The van der Waals surface area contributed by atoms with Crippen LogP contribution < -0.4 is 0 Å². The number of ether oxygens (including phenoxy) is 1. The van der Waals surface area contributed by atoms with E-state index in [1.165, 1.54) is 6.26 Å². The third-order valence-corrected chi connectivity index (χ3v) is 2.52. The molecule has 0 amide bonds. The number of phenols is 1. The molecule has 0 unspecified atom stereocenters. The van der Waals surface area contributed by atoms with Crippen LogP contribution in [-0.4, -0.2) is 5.11 Å². The first kappa shape index (κ1) is 11.3. The molecule has 2 nitrogen and oxygen atoms in total. The summed E-state index contributed by atoms with van der Waals surface area (Å²) in [4.78, 5) is 0. The van der Waals surface area contributed by atoms with Gasteiger partial charge in [0.2, 0.25) is 0 Å². The van der Waals surface area contributed by atoms with Crippen LogP contribution in [0, 0.1) is 0 Å². The van der Waals surface area contributed by atoms with Gasteiger partial charge in [-0.15, -0.1) is 0 Å². The molecule has 0 aliphatic carbocycles. The number of hydrogen-bond acceptors (Lipinski definition) is 2. The summed E-state index contributed by atoms with van der Waals surface area (Å²) in [6, 6.07) is 15.3. The van der Waals surface area contributed by atoms with Gasteiger partial charge in [0.25, 0.3) is 0 Å².